The summed E-state index contributed by atoms with van der Waals surface area (Å²) in [5.74, 6) is -1.13. The maximum atomic E-state index is 13.3. The minimum atomic E-state index is -1.94. The Morgan fingerprint density at radius 1 is 1.03 bits per heavy atom. The lowest BCUT2D eigenvalue weighted by atomic mass is 9.88. The quantitative estimate of drug-likeness (QED) is 0.745. The Morgan fingerprint density at radius 2 is 1.69 bits per heavy atom. The number of fused-ring (bicyclic) bond motifs is 1. The van der Waals surface area contributed by atoms with Gasteiger partial charge in [-0.05, 0) is 25.2 Å². The van der Waals surface area contributed by atoms with Crippen molar-refractivity contribution in [2.75, 3.05) is 44.8 Å². The van der Waals surface area contributed by atoms with E-state index in [9.17, 15) is 19.8 Å². The molecule has 0 aliphatic carbocycles. The molecule has 4 rings (SSSR count). The number of amides is 1. The molecule has 2 aromatic rings. The number of likely N-dealkylation sites (N-methyl/N-ethyl adjacent to an activating group) is 1. The second-order valence-electron chi connectivity index (χ2n) is 7.79. The average Bonchev–Trinajstić information content (AvgIpc) is 2.92. The van der Waals surface area contributed by atoms with Crippen molar-refractivity contribution in [1.29, 1.82) is 0 Å². The third-order valence-electron chi connectivity index (χ3n) is 5.80. The number of aromatic hydroxyl groups is 1. The first-order valence-corrected chi connectivity index (χ1v) is 9.76. The van der Waals surface area contributed by atoms with Crippen LogP contribution in [0.4, 0.5) is 5.69 Å². The van der Waals surface area contributed by atoms with Gasteiger partial charge in [-0.2, -0.15) is 0 Å². The summed E-state index contributed by atoms with van der Waals surface area (Å²) in [6.45, 7) is 3.87. The maximum Gasteiger partial charge on any atom is 0.265 e. The Hall–Kier alpha value is -2.74. The van der Waals surface area contributed by atoms with Gasteiger partial charge in [-0.25, -0.2) is 0 Å². The highest BCUT2D eigenvalue weighted by molar-refractivity contribution is 6.11. The molecule has 2 aliphatic rings. The molecule has 7 heteroatoms. The van der Waals surface area contributed by atoms with Crippen LogP contribution in [0, 0.1) is 0 Å². The fourth-order valence-corrected chi connectivity index (χ4v) is 4.04. The second-order valence-corrected chi connectivity index (χ2v) is 7.79. The van der Waals surface area contributed by atoms with E-state index in [0.29, 0.717) is 17.9 Å². The van der Waals surface area contributed by atoms with E-state index in [1.165, 1.54) is 12.1 Å². The molecule has 1 fully saturated rings. The van der Waals surface area contributed by atoms with E-state index in [2.05, 4.69) is 16.8 Å². The molecular weight excluding hydrogens is 370 g/mol. The van der Waals surface area contributed by atoms with Crippen LogP contribution in [0.1, 0.15) is 22.3 Å². The van der Waals surface area contributed by atoms with Gasteiger partial charge in [-0.3, -0.25) is 19.4 Å². The standard InChI is InChI=1S/C22H25N3O4/c1-23-10-12-24(13-11-23)15-25-18-8-4-3-7-17(18)22(29,21(25)28)14-20(27)16-6-2-5-9-19(16)26/h2-9,26,29H,10-15H2,1H3. The first-order chi connectivity index (χ1) is 13.9. The predicted octanol–water partition coefficient (Wildman–Crippen LogP) is 1.40. The fraction of sp³-hybridized carbons (Fsp3) is 0.364. The van der Waals surface area contributed by atoms with Gasteiger partial charge in [0.05, 0.1) is 24.3 Å². The van der Waals surface area contributed by atoms with Crippen molar-refractivity contribution in [3.63, 3.8) is 0 Å². The van der Waals surface area contributed by atoms with E-state index < -0.39 is 23.7 Å². The number of hydrogen-bond acceptors (Lipinski definition) is 6. The molecule has 29 heavy (non-hydrogen) atoms. The van der Waals surface area contributed by atoms with Crippen molar-refractivity contribution in [3.05, 3.63) is 59.7 Å². The van der Waals surface area contributed by atoms with Gasteiger partial charge < -0.3 is 15.1 Å². The number of hydrogen-bond donors (Lipinski definition) is 2. The summed E-state index contributed by atoms with van der Waals surface area (Å²) in [5.41, 5.74) is -0.779. The van der Waals surface area contributed by atoms with E-state index in [0.717, 1.165) is 26.2 Å². The highest BCUT2D eigenvalue weighted by Crippen LogP contribution is 2.43. The van der Waals surface area contributed by atoms with E-state index in [-0.39, 0.29) is 11.3 Å². The summed E-state index contributed by atoms with van der Waals surface area (Å²) < 4.78 is 0. The van der Waals surface area contributed by atoms with Crippen LogP contribution in [0.5, 0.6) is 5.75 Å². The van der Waals surface area contributed by atoms with Gasteiger partial charge in [0, 0.05) is 31.7 Å². The molecule has 1 atom stereocenters. The molecule has 0 spiro atoms. The van der Waals surface area contributed by atoms with Gasteiger partial charge in [-0.1, -0.05) is 30.3 Å². The monoisotopic (exact) mass is 395 g/mol. The van der Waals surface area contributed by atoms with Gasteiger partial charge in [-0.15, -0.1) is 0 Å². The van der Waals surface area contributed by atoms with Gasteiger partial charge >= 0.3 is 0 Å². The van der Waals surface area contributed by atoms with Crippen LogP contribution in [0.2, 0.25) is 0 Å². The van der Waals surface area contributed by atoms with Crippen LogP contribution in [0.15, 0.2) is 48.5 Å². The van der Waals surface area contributed by atoms with E-state index in [1.807, 2.05) is 6.07 Å². The predicted molar refractivity (Wildman–Crippen MR) is 109 cm³/mol. The summed E-state index contributed by atoms with van der Waals surface area (Å²) in [4.78, 5) is 32.1. The van der Waals surface area contributed by atoms with E-state index >= 15 is 0 Å². The van der Waals surface area contributed by atoms with Crippen LogP contribution in [0.25, 0.3) is 0 Å². The van der Waals surface area contributed by atoms with Crippen LogP contribution >= 0.6 is 0 Å². The fourth-order valence-electron chi connectivity index (χ4n) is 4.04. The molecule has 152 valence electrons. The number of anilines is 1. The number of rotatable bonds is 5. The van der Waals surface area contributed by atoms with Crippen molar-refractivity contribution < 1.29 is 19.8 Å². The molecule has 1 amide bonds. The van der Waals surface area contributed by atoms with Crippen LogP contribution in [0.3, 0.4) is 0 Å². The zero-order valence-corrected chi connectivity index (χ0v) is 16.4. The Morgan fingerprint density at radius 3 is 2.41 bits per heavy atom. The Kier molecular flexibility index (Phi) is 5.12. The van der Waals surface area contributed by atoms with E-state index in [4.69, 9.17) is 0 Å². The molecule has 0 bridgehead atoms. The highest BCUT2D eigenvalue weighted by Gasteiger charge is 2.51. The number of phenolic OH excluding ortho intramolecular Hbond substituents is 1. The van der Waals surface area contributed by atoms with Crippen molar-refractivity contribution >= 4 is 17.4 Å². The number of carbonyl (C=O) groups excluding carboxylic acids is 2. The summed E-state index contributed by atoms with van der Waals surface area (Å²) in [7, 11) is 2.07. The molecule has 0 aromatic heterocycles. The number of para-hydroxylation sites is 2. The van der Waals surface area contributed by atoms with Crippen LogP contribution in [-0.2, 0) is 10.4 Å². The SMILES string of the molecule is CN1CCN(CN2C(=O)C(O)(CC(=O)c3ccccc3O)c3ccccc32)CC1. The molecule has 2 N–H and O–H groups in total. The van der Waals surface area contributed by atoms with Crippen molar-refractivity contribution in [1.82, 2.24) is 9.80 Å². The lowest BCUT2D eigenvalue weighted by molar-refractivity contribution is -0.136. The molecule has 0 radical (unpaired) electrons. The molecule has 1 saturated heterocycles. The first kappa shape index (κ1) is 19.6. The third-order valence-corrected chi connectivity index (χ3v) is 5.80. The average molecular weight is 395 g/mol. The Bertz CT molecular complexity index is 939. The topological polar surface area (TPSA) is 84.3 Å². The number of benzene rings is 2. The lowest BCUT2D eigenvalue weighted by Gasteiger charge is -2.35. The minimum Gasteiger partial charge on any atom is -0.507 e. The third kappa shape index (κ3) is 3.53. The number of ketones is 1. The molecule has 2 aliphatic heterocycles. The Labute approximate surface area is 169 Å². The highest BCUT2D eigenvalue weighted by atomic mass is 16.3. The summed E-state index contributed by atoms with van der Waals surface area (Å²) >= 11 is 0. The van der Waals surface area contributed by atoms with Gasteiger partial charge in [0.2, 0.25) is 0 Å². The number of nitrogens with zero attached hydrogens (tertiary/aromatic N) is 3. The van der Waals surface area contributed by atoms with Gasteiger partial charge in [0.25, 0.3) is 5.91 Å². The van der Waals surface area contributed by atoms with Gasteiger partial charge in [0.15, 0.2) is 11.4 Å². The second kappa shape index (κ2) is 7.59. The number of piperazine rings is 1. The molecule has 1 unspecified atom stereocenters. The Balaban J connectivity index is 1.61. The normalized spacial score (nSPS) is 22.7. The molecular formula is C22H25N3O4. The van der Waals surface area contributed by atoms with Crippen molar-refractivity contribution in [3.8, 4) is 5.75 Å². The van der Waals surface area contributed by atoms with Crippen LogP contribution in [-0.4, -0.2) is 71.6 Å². The van der Waals surface area contributed by atoms with Crippen molar-refractivity contribution in [2.45, 2.75) is 12.0 Å². The van der Waals surface area contributed by atoms with Crippen LogP contribution < -0.4 is 4.90 Å². The van der Waals surface area contributed by atoms with E-state index in [1.54, 1.807) is 35.2 Å². The van der Waals surface area contributed by atoms with Crippen molar-refractivity contribution in [2.24, 2.45) is 0 Å². The molecule has 2 heterocycles. The number of aliphatic hydroxyl groups is 1. The number of carbonyl (C=O) groups is 2. The summed E-state index contributed by atoms with van der Waals surface area (Å²) in [6, 6.07) is 13.2. The smallest absolute Gasteiger partial charge is 0.265 e. The minimum absolute atomic E-state index is 0.101. The summed E-state index contributed by atoms with van der Waals surface area (Å²) in [6.07, 6.45) is -0.417. The first-order valence-electron chi connectivity index (χ1n) is 9.76. The number of Topliss-reactive ketones (excluding diaryl/α,β-unsaturated/α-hetero) is 1. The lowest BCUT2D eigenvalue weighted by Crippen LogP contribution is -2.51. The molecule has 7 nitrogen and oxygen atoms in total. The molecule has 2 aromatic carbocycles. The maximum absolute atomic E-state index is 13.3. The number of phenols is 1. The zero-order valence-electron chi connectivity index (χ0n) is 16.4. The molecule has 0 saturated carbocycles. The largest absolute Gasteiger partial charge is 0.507 e. The van der Waals surface area contributed by atoms with Gasteiger partial charge in [0.1, 0.15) is 5.75 Å². The summed E-state index contributed by atoms with van der Waals surface area (Å²) in [5, 5.41) is 21.3. The zero-order chi connectivity index (χ0) is 20.6.